The monoisotopic (exact) mass is 225 g/mol. The lowest BCUT2D eigenvalue weighted by Crippen LogP contribution is -2.27. The van der Waals surface area contributed by atoms with Gasteiger partial charge in [0.2, 0.25) is 0 Å². The van der Waals surface area contributed by atoms with Gasteiger partial charge in [0.05, 0.1) is 0 Å². The SMILES string of the molecule is CC(C)CCC(C)NCCCC1CCCC1. The summed E-state index contributed by atoms with van der Waals surface area (Å²) < 4.78 is 0. The fourth-order valence-corrected chi connectivity index (χ4v) is 2.72. The molecule has 1 heteroatoms. The van der Waals surface area contributed by atoms with Crippen LogP contribution < -0.4 is 5.32 Å². The predicted octanol–water partition coefficient (Wildman–Crippen LogP) is 4.37. The van der Waals surface area contributed by atoms with Crippen LogP contribution in [0.2, 0.25) is 0 Å². The molecule has 0 aromatic heterocycles. The van der Waals surface area contributed by atoms with Gasteiger partial charge in [-0.15, -0.1) is 0 Å². The van der Waals surface area contributed by atoms with Crippen molar-refractivity contribution < 1.29 is 0 Å². The third kappa shape index (κ3) is 6.52. The van der Waals surface area contributed by atoms with Gasteiger partial charge in [-0.1, -0.05) is 39.5 Å². The summed E-state index contributed by atoms with van der Waals surface area (Å²) in [6, 6.07) is 0.714. The Hall–Kier alpha value is -0.0400. The predicted molar refractivity (Wildman–Crippen MR) is 72.7 cm³/mol. The molecule has 1 rings (SSSR count). The zero-order chi connectivity index (χ0) is 11.8. The van der Waals surface area contributed by atoms with Crippen LogP contribution in [-0.4, -0.2) is 12.6 Å². The van der Waals surface area contributed by atoms with Crippen molar-refractivity contribution in [3.05, 3.63) is 0 Å². The van der Waals surface area contributed by atoms with Gasteiger partial charge < -0.3 is 5.32 Å². The average molecular weight is 225 g/mol. The molecule has 0 bridgehead atoms. The second-order valence-electron chi connectivity index (χ2n) is 6.12. The molecular formula is C15H31N. The molecule has 96 valence electrons. The molecule has 1 aliphatic rings. The van der Waals surface area contributed by atoms with Crippen LogP contribution in [0.15, 0.2) is 0 Å². The van der Waals surface area contributed by atoms with Gasteiger partial charge in [-0.3, -0.25) is 0 Å². The topological polar surface area (TPSA) is 12.0 Å². The van der Waals surface area contributed by atoms with E-state index in [-0.39, 0.29) is 0 Å². The van der Waals surface area contributed by atoms with E-state index in [2.05, 4.69) is 26.1 Å². The summed E-state index contributed by atoms with van der Waals surface area (Å²) in [6.07, 6.45) is 11.5. The summed E-state index contributed by atoms with van der Waals surface area (Å²) in [5, 5.41) is 3.66. The standard InChI is InChI=1S/C15H31N/c1-13(2)10-11-14(3)16-12-6-9-15-7-4-5-8-15/h13-16H,4-12H2,1-3H3. The van der Waals surface area contributed by atoms with E-state index in [0.29, 0.717) is 6.04 Å². The van der Waals surface area contributed by atoms with E-state index in [1.54, 1.807) is 0 Å². The Bertz CT molecular complexity index is 159. The van der Waals surface area contributed by atoms with E-state index in [1.165, 1.54) is 57.9 Å². The Balaban J connectivity index is 1.89. The maximum Gasteiger partial charge on any atom is 0.00388 e. The van der Waals surface area contributed by atoms with Gasteiger partial charge >= 0.3 is 0 Å². The quantitative estimate of drug-likeness (QED) is 0.605. The Morgan fingerprint density at radius 1 is 1.06 bits per heavy atom. The van der Waals surface area contributed by atoms with Crippen LogP contribution in [0.1, 0.15) is 72.1 Å². The smallest absolute Gasteiger partial charge is 0.00388 e. The molecule has 1 N–H and O–H groups in total. The second-order valence-corrected chi connectivity index (χ2v) is 6.12. The Morgan fingerprint density at radius 2 is 1.75 bits per heavy atom. The second kappa shape index (κ2) is 8.11. The molecule has 1 fully saturated rings. The summed E-state index contributed by atoms with van der Waals surface area (Å²) in [6.45, 7) is 8.19. The van der Waals surface area contributed by atoms with Crippen molar-refractivity contribution in [1.82, 2.24) is 5.32 Å². The molecule has 0 radical (unpaired) electrons. The molecule has 0 aliphatic heterocycles. The van der Waals surface area contributed by atoms with Crippen molar-refractivity contribution in [2.24, 2.45) is 11.8 Å². The molecule has 0 aromatic carbocycles. The third-order valence-electron chi connectivity index (χ3n) is 3.93. The summed E-state index contributed by atoms with van der Waals surface area (Å²) in [7, 11) is 0. The van der Waals surface area contributed by atoms with E-state index in [9.17, 15) is 0 Å². The van der Waals surface area contributed by atoms with Gasteiger partial charge in [0.1, 0.15) is 0 Å². The molecule has 0 aromatic rings. The molecular weight excluding hydrogens is 194 g/mol. The van der Waals surface area contributed by atoms with Crippen LogP contribution in [-0.2, 0) is 0 Å². The Kier molecular flexibility index (Phi) is 7.11. The lowest BCUT2D eigenvalue weighted by Gasteiger charge is -2.15. The van der Waals surface area contributed by atoms with E-state index in [4.69, 9.17) is 0 Å². The highest BCUT2D eigenvalue weighted by Crippen LogP contribution is 2.28. The first-order valence-corrected chi connectivity index (χ1v) is 7.42. The normalized spacial score (nSPS) is 19.5. The largest absolute Gasteiger partial charge is 0.314 e. The molecule has 1 aliphatic carbocycles. The molecule has 16 heavy (non-hydrogen) atoms. The van der Waals surface area contributed by atoms with Crippen LogP contribution in [0.25, 0.3) is 0 Å². The lowest BCUT2D eigenvalue weighted by atomic mass is 10.0. The van der Waals surface area contributed by atoms with Crippen molar-refractivity contribution >= 4 is 0 Å². The lowest BCUT2D eigenvalue weighted by molar-refractivity contribution is 0.423. The van der Waals surface area contributed by atoms with Crippen molar-refractivity contribution in [2.75, 3.05) is 6.54 Å². The van der Waals surface area contributed by atoms with Crippen LogP contribution in [0, 0.1) is 11.8 Å². The van der Waals surface area contributed by atoms with Crippen molar-refractivity contribution in [3.63, 3.8) is 0 Å². The number of hydrogen-bond donors (Lipinski definition) is 1. The van der Waals surface area contributed by atoms with Crippen molar-refractivity contribution in [3.8, 4) is 0 Å². The third-order valence-corrected chi connectivity index (χ3v) is 3.93. The molecule has 0 saturated heterocycles. The van der Waals surface area contributed by atoms with Crippen LogP contribution >= 0.6 is 0 Å². The highest BCUT2D eigenvalue weighted by molar-refractivity contribution is 4.68. The number of rotatable bonds is 8. The number of nitrogens with one attached hydrogen (secondary N) is 1. The highest BCUT2D eigenvalue weighted by atomic mass is 14.9. The minimum absolute atomic E-state index is 0.714. The van der Waals surface area contributed by atoms with Gasteiger partial charge in [-0.25, -0.2) is 0 Å². The van der Waals surface area contributed by atoms with Gasteiger partial charge in [0.15, 0.2) is 0 Å². The first-order valence-electron chi connectivity index (χ1n) is 7.42. The number of hydrogen-bond acceptors (Lipinski definition) is 1. The minimum atomic E-state index is 0.714. The first kappa shape index (κ1) is 14.0. The van der Waals surface area contributed by atoms with E-state index in [0.717, 1.165) is 11.8 Å². The average Bonchev–Trinajstić information content (AvgIpc) is 2.74. The molecule has 0 heterocycles. The minimum Gasteiger partial charge on any atom is -0.314 e. The fraction of sp³-hybridized carbons (Fsp3) is 1.00. The van der Waals surface area contributed by atoms with E-state index >= 15 is 0 Å². The first-order chi connectivity index (χ1) is 7.68. The molecule has 1 unspecified atom stereocenters. The maximum absolute atomic E-state index is 3.66. The van der Waals surface area contributed by atoms with Gasteiger partial charge in [-0.2, -0.15) is 0 Å². The van der Waals surface area contributed by atoms with Crippen LogP contribution in [0.3, 0.4) is 0 Å². The Morgan fingerprint density at radius 3 is 2.38 bits per heavy atom. The van der Waals surface area contributed by atoms with Crippen molar-refractivity contribution in [2.45, 2.75) is 78.2 Å². The molecule has 1 saturated carbocycles. The molecule has 0 amide bonds. The van der Waals surface area contributed by atoms with Gasteiger partial charge in [0, 0.05) is 6.04 Å². The Labute approximate surface area is 102 Å². The zero-order valence-corrected chi connectivity index (χ0v) is 11.6. The molecule has 1 atom stereocenters. The van der Waals surface area contributed by atoms with Gasteiger partial charge in [0.25, 0.3) is 0 Å². The fourth-order valence-electron chi connectivity index (χ4n) is 2.72. The summed E-state index contributed by atoms with van der Waals surface area (Å²) in [4.78, 5) is 0. The van der Waals surface area contributed by atoms with Crippen LogP contribution in [0.4, 0.5) is 0 Å². The molecule has 1 nitrogen and oxygen atoms in total. The van der Waals surface area contributed by atoms with E-state index < -0.39 is 0 Å². The zero-order valence-electron chi connectivity index (χ0n) is 11.6. The van der Waals surface area contributed by atoms with Crippen LogP contribution in [0.5, 0.6) is 0 Å². The summed E-state index contributed by atoms with van der Waals surface area (Å²) in [5.41, 5.74) is 0. The summed E-state index contributed by atoms with van der Waals surface area (Å²) in [5.74, 6) is 1.91. The molecule has 0 spiro atoms. The van der Waals surface area contributed by atoms with Gasteiger partial charge in [-0.05, 0) is 51.0 Å². The highest BCUT2D eigenvalue weighted by Gasteiger charge is 2.14. The van der Waals surface area contributed by atoms with Crippen molar-refractivity contribution in [1.29, 1.82) is 0 Å². The van der Waals surface area contributed by atoms with E-state index in [1.807, 2.05) is 0 Å². The summed E-state index contributed by atoms with van der Waals surface area (Å²) >= 11 is 0. The maximum atomic E-state index is 3.66.